The van der Waals surface area contributed by atoms with Gasteiger partial charge >= 0.3 is 0 Å². The number of ether oxygens (including phenoxy) is 2. The topological polar surface area (TPSA) is 96.9 Å². The first kappa shape index (κ1) is 28.0. The number of methoxy groups -OCH3 is 1. The molecule has 0 aliphatic carbocycles. The highest BCUT2D eigenvalue weighted by atomic mass is 79.9. The number of furan rings is 1. The van der Waals surface area contributed by atoms with Crippen molar-refractivity contribution in [3.63, 3.8) is 0 Å². The van der Waals surface area contributed by atoms with Gasteiger partial charge in [0.15, 0.2) is 16.7 Å². The summed E-state index contributed by atoms with van der Waals surface area (Å²) in [5.74, 6) is 2.00. The van der Waals surface area contributed by atoms with Crippen LogP contribution in [0.25, 0.3) is 6.08 Å². The molecule has 198 valence electrons. The molecule has 0 saturated carbocycles. The molecule has 3 aromatic rings. The molecule has 11 heteroatoms. The van der Waals surface area contributed by atoms with E-state index in [-0.39, 0.29) is 18.2 Å². The molecule has 2 heterocycles. The Morgan fingerprint density at radius 2 is 2.00 bits per heavy atom. The lowest BCUT2D eigenvalue weighted by atomic mass is 10.2. The monoisotopic (exact) mass is 661 g/mol. The van der Waals surface area contributed by atoms with Crippen LogP contribution in [0, 0.1) is 5.92 Å². The second-order valence-corrected chi connectivity index (χ2v) is 11.4. The molecular weight excluding hydrogens is 638 g/mol. The Balaban J connectivity index is 1.61. The van der Waals surface area contributed by atoms with E-state index in [9.17, 15) is 9.90 Å². The van der Waals surface area contributed by atoms with E-state index in [0.717, 1.165) is 21.8 Å². The van der Waals surface area contributed by atoms with E-state index in [1.165, 1.54) is 4.90 Å². The van der Waals surface area contributed by atoms with Gasteiger partial charge in [-0.05, 0) is 87.7 Å². The van der Waals surface area contributed by atoms with E-state index < -0.39 is 0 Å². The van der Waals surface area contributed by atoms with Crippen LogP contribution in [0.5, 0.6) is 17.2 Å². The lowest BCUT2D eigenvalue weighted by Crippen LogP contribution is -2.28. The predicted octanol–water partition coefficient (Wildman–Crippen LogP) is 7.06. The summed E-state index contributed by atoms with van der Waals surface area (Å²) in [7, 11) is 1.58. The maximum atomic E-state index is 13.3. The molecule has 1 amide bonds. The summed E-state index contributed by atoms with van der Waals surface area (Å²) >= 11 is 7.91. The van der Waals surface area contributed by atoms with E-state index in [1.807, 2.05) is 18.2 Å². The number of carbonyl (C=O) groups excluding carboxylic acids is 1. The van der Waals surface area contributed by atoms with Crippen molar-refractivity contribution < 1.29 is 23.8 Å². The van der Waals surface area contributed by atoms with Crippen molar-refractivity contribution in [1.29, 1.82) is 0 Å². The maximum Gasteiger partial charge on any atom is 0.267 e. The lowest BCUT2D eigenvalue weighted by Gasteiger charge is -2.13. The number of phenols is 1. The van der Waals surface area contributed by atoms with Crippen LogP contribution < -0.4 is 9.47 Å². The third-order valence-corrected chi connectivity index (χ3v) is 7.30. The number of thioether (sulfide) groups is 1. The van der Waals surface area contributed by atoms with E-state index in [4.69, 9.17) is 13.9 Å². The van der Waals surface area contributed by atoms with Crippen LogP contribution in [0.15, 0.2) is 77.2 Å². The number of nitrogens with zero attached hydrogens (tertiary/aromatic N) is 3. The van der Waals surface area contributed by atoms with Crippen LogP contribution in [0.4, 0.5) is 0 Å². The normalized spacial score (nSPS) is 15.9. The smallest absolute Gasteiger partial charge is 0.267 e. The first-order chi connectivity index (χ1) is 18.2. The van der Waals surface area contributed by atoms with Crippen molar-refractivity contribution in [3.05, 3.63) is 79.5 Å². The second-order valence-electron chi connectivity index (χ2n) is 8.65. The zero-order valence-corrected chi connectivity index (χ0v) is 24.8. The molecule has 0 bridgehead atoms. The Hall–Kier alpha value is -3.02. The third kappa shape index (κ3) is 6.89. The van der Waals surface area contributed by atoms with E-state index in [1.54, 1.807) is 49.9 Å². The standard InChI is InChI=1S/C27H25Br2N3O5S/c1-16(2)15-37-22-7-6-17(9-23(22)35-3)13-30-31-27-32(14-20-5-4-8-36-20)26(34)24(38-27)11-18-10-19(28)12-21(29)25(18)33/h4-13,16,33H,14-15H2,1-3H3/b24-11-,30-13+,31-27-. The van der Waals surface area contributed by atoms with Crippen LogP contribution in [-0.4, -0.2) is 41.0 Å². The molecule has 1 saturated heterocycles. The number of amidine groups is 1. The number of benzene rings is 2. The number of amides is 1. The molecule has 0 radical (unpaired) electrons. The summed E-state index contributed by atoms with van der Waals surface area (Å²) < 4.78 is 18.0. The van der Waals surface area contributed by atoms with Gasteiger partial charge in [0, 0.05) is 10.0 Å². The van der Waals surface area contributed by atoms with Gasteiger partial charge in [0.05, 0.1) is 42.1 Å². The molecule has 0 atom stereocenters. The van der Waals surface area contributed by atoms with Gasteiger partial charge in [-0.1, -0.05) is 29.8 Å². The van der Waals surface area contributed by atoms with Gasteiger partial charge in [0.1, 0.15) is 11.5 Å². The molecule has 38 heavy (non-hydrogen) atoms. The number of halogens is 2. The van der Waals surface area contributed by atoms with Crippen molar-refractivity contribution in [2.45, 2.75) is 20.4 Å². The predicted molar refractivity (Wildman–Crippen MR) is 157 cm³/mol. The highest BCUT2D eigenvalue weighted by Gasteiger charge is 2.34. The summed E-state index contributed by atoms with van der Waals surface area (Å²) in [6.45, 7) is 4.93. The van der Waals surface area contributed by atoms with Gasteiger partial charge in [-0.3, -0.25) is 9.69 Å². The fraction of sp³-hybridized carbons (Fsp3) is 0.222. The van der Waals surface area contributed by atoms with Crippen LogP contribution in [0.1, 0.15) is 30.7 Å². The molecule has 1 aliphatic rings. The Morgan fingerprint density at radius 1 is 1.18 bits per heavy atom. The highest BCUT2D eigenvalue weighted by Crippen LogP contribution is 2.38. The fourth-order valence-electron chi connectivity index (χ4n) is 3.40. The molecule has 8 nitrogen and oxygen atoms in total. The molecule has 1 fully saturated rings. The Morgan fingerprint density at radius 3 is 2.71 bits per heavy atom. The summed E-state index contributed by atoms with van der Waals surface area (Å²) in [6.07, 6.45) is 4.75. The fourth-order valence-corrected chi connectivity index (χ4v) is 5.59. The van der Waals surface area contributed by atoms with Crippen LogP contribution in [-0.2, 0) is 11.3 Å². The third-order valence-electron chi connectivity index (χ3n) is 5.24. The number of aromatic hydroxyl groups is 1. The molecule has 0 unspecified atom stereocenters. The summed E-state index contributed by atoms with van der Waals surface area (Å²) in [5.41, 5.74) is 1.24. The Labute approximate surface area is 241 Å². The average Bonchev–Trinajstić information content (AvgIpc) is 3.50. The van der Waals surface area contributed by atoms with Crippen molar-refractivity contribution in [1.82, 2.24) is 4.90 Å². The summed E-state index contributed by atoms with van der Waals surface area (Å²) in [5, 5.41) is 19.4. The quantitative estimate of drug-likeness (QED) is 0.150. The number of hydrogen-bond acceptors (Lipinski definition) is 8. The molecule has 1 aromatic heterocycles. The lowest BCUT2D eigenvalue weighted by molar-refractivity contribution is -0.122. The number of rotatable bonds is 9. The molecule has 1 N–H and O–H groups in total. The van der Waals surface area contributed by atoms with E-state index in [2.05, 4.69) is 55.9 Å². The van der Waals surface area contributed by atoms with Gasteiger partial charge in [0.2, 0.25) is 0 Å². The molecule has 4 rings (SSSR count). The van der Waals surface area contributed by atoms with E-state index >= 15 is 0 Å². The Kier molecular flexibility index (Phi) is 9.35. The molecule has 1 aliphatic heterocycles. The minimum Gasteiger partial charge on any atom is -0.506 e. The minimum absolute atomic E-state index is 0.0323. The van der Waals surface area contributed by atoms with Crippen LogP contribution >= 0.6 is 43.6 Å². The van der Waals surface area contributed by atoms with Gasteiger partial charge in [-0.15, -0.1) is 5.10 Å². The minimum atomic E-state index is -0.274. The molecular formula is C27H25Br2N3O5S. The second kappa shape index (κ2) is 12.7. The largest absolute Gasteiger partial charge is 0.506 e. The van der Waals surface area contributed by atoms with Gasteiger partial charge in [-0.25, -0.2) is 0 Å². The zero-order valence-electron chi connectivity index (χ0n) is 20.9. The average molecular weight is 663 g/mol. The first-order valence-corrected chi connectivity index (χ1v) is 14.0. The first-order valence-electron chi connectivity index (χ1n) is 11.6. The van der Waals surface area contributed by atoms with Crippen LogP contribution in [0.2, 0.25) is 0 Å². The van der Waals surface area contributed by atoms with Crippen LogP contribution in [0.3, 0.4) is 0 Å². The molecule has 2 aromatic carbocycles. The van der Waals surface area contributed by atoms with Gasteiger partial charge in [0.25, 0.3) is 5.91 Å². The number of phenolic OH excluding ortho intramolecular Hbond substituents is 1. The maximum absolute atomic E-state index is 13.3. The van der Waals surface area contributed by atoms with Crippen molar-refractivity contribution in [2.75, 3.05) is 13.7 Å². The Bertz CT molecular complexity index is 1400. The van der Waals surface area contributed by atoms with Crippen molar-refractivity contribution in [3.8, 4) is 17.2 Å². The SMILES string of the molecule is COc1cc(/C=N/N=C2\S/C(=C\c3cc(Br)cc(Br)c3O)C(=O)N2Cc2ccco2)ccc1OCC(C)C. The summed E-state index contributed by atoms with van der Waals surface area (Å²) in [6, 6.07) is 12.5. The van der Waals surface area contributed by atoms with Gasteiger partial charge in [-0.2, -0.15) is 5.10 Å². The van der Waals surface area contributed by atoms with Crippen molar-refractivity contribution >= 4 is 67.0 Å². The van der Waals surface area contributed by atoms with Crippen molar-refractivity contribution in [2.24, 2.45) is 16.1 Å². The highest BCUT2D eigenvalue weighted by molar-refractivity contribution is 9.11. The van der Waals surface area contributed by atoms with E-state index in [0.29, 0.717) is 49.9 Å². The number of hydrogen-bond donors (Lipinski definition) is 1. The summed E-state index contributed by atoms with van der Waals surface area (Å²) in [4.78, 5) is 15.2. The number of carbonyl (C=O) groups is 1. The van der Waals surface area contributed by atoms with Gasteiger partial charge < -0.3 is 19.0 Å². The molecule has 0 spiro atoms. The zero-order chi connectivity index (χ0) is 27.2.